The Labute approximate surface area is 202 Å². The van der Waals surface area contributed by atoms with Gasteiger partial charge in [0.1, 0.15) is 5.75 Å². The van der Waals surface area contributed by atoms with E-state index in [1.807, 2.05) is 41.8 Å². The smallest absolute Gasteiger partial charge is 0.231 e. The lowest BCUT2D eigenvalue weighted by atomic mass is 9.99. The lowest BCUT2D eigenvalue weighted by Gasteiger charge is -2.15. The predicted octanol–water partition coefficient (Wildman–Crippen LogP) is 4.16. The van der Waals surface area contributed by atoms with Crippen molar-refractivity contribution >= 4 is 29.1 Å². The molecule has 0 radical (unpaired) electrons. The molecule has 1 fully saturated rings. The number of anilines is 1. The molecule has 3 heterocycles. The molecular formula is C25H26N4O4S. The van der Waals surface area contributed by atoms with E-state index in [0.29, 0.717) is 17.3 Å². The lowest BCUT2D eigenvalue weighted by Crippen LogP contribution is -2.17. The van der Waals surface area contributed by atoms with Crippen LogP contribution in [0.15, 0.2) is 47.6 Å². The van der Waals surface area contributed by atoms with Gasteiger partial charge in [0.15, 0.2) is 16.8 Å². The van der Waals surface area contributed by atoms with Crippen LogP contribution in [0.4, 0.5) is 5.69 Å². The van der Waals surface area contributed by atoms with Gasteiger partial charge in [-0.25, -0.2) is 0 Å². The number of rotatable bonds is 8. The molecule has 8 nitrogen and oxygen atoms in total. The summed E-state index contributed by atoms with van der Waals surface area (Å²) in [5, 5.41) is 12.4. The number of thioether (sulfide) groups is 1. The topological polar surface area (TPSA) is 95.3 Å². The number of amides is 1. The number of hydrogen-bond acceptors (Lipinski definition) is 7. The fourth-order valence-corrected chi connectivity index (χ4v) is 5.15. The standard InChI is InChI=1S/C25H26N4O4S/c1-15-20-12-17(7-10-21(20)26-24(15)31)22(30)14-34-25-28-27-23(16-5-8-18(32-2)9-6-16)29(25)13-19-4-3-11-33-19/h5-10,12,15,19H,3-4,11,13-14H2,1-2H3,(H,26,31)/t15-,19+/m1/s1. The second-order valence-corrected chi connectivity index (χ2v) is 9.45. The van der Waals surface area contributed by atoms with Crippen LogP contribution in [0.1, 0.15) is 41.6 Å². The van der Waals surface area contributed by atoms with E-state index in [1.54, 1.807) is 19.2 Å². The van der Waals surface area contributed by atoms with Gasteiger partial charge in [0, 0.05) is 23.4 Å². The zero-order valence-electron chi connectivity index (χ0n) is 19.1. The van der Waals surface area contributed by atoms with Gasteiger partial charge in [0.2, 0.25) is 5.91 Å². The summed E-state index contributed by atoms with van der Waals surface area (Å²) in [4.78, 5) is 24.9. The summed E-state index contributed by atoms with van der Waals surface area (Å²) >= 11 is 1.37. The number of hydrogen-bond donors (Lipinski definition) is 1. The van der Waals surface area contributed by atoms with Crippen molar-refractivity contribution in [2.45, 2.75) is 43.5 Å². The van der Waals surface area contributed by atoms with Gasteiger partial charge in [0.25, 0.3) is 0 Å². The molecule has 1 N–H and O–H groups in total. The number of nitrogens with one attached hydrogen (secondary N) is 1. The fraction of sp³-hybridized carbons (Fsp3) is 0.360. The van der Waals surface area contributed by atoms with E-state index < -0.39 is 0 Å². The Morgan fingerprint density at radius 2 is 2.06 bits per heavy atom. The van der Waals surface area contributed by atoms with Crippen LogP contribution in [-0.2, 0) is 16.1 Å². The van der Waals surface area contributed by atoms with Crippen LogP contribution in [0.3, 0.4) is 0 Å². The van der Waals surface area contributed by atoms with Crippen molar-refractivity contribution in [3.8, 4) is 17.1 Å². The monoisotopic (exact) mass is 478 g/mol. The van der Waals surface area contributed by atoms with E-state index in [-0.39, 0.29) is 29.5 Å². The highest BCUT2D eigenvalue weighted by Crippen LogP contribution is 2.33. The van der Waals surface area contributed by atoms with Gasteiger partial charge in [-0.1, -0.05) is 11.8 Å². The quantitative estimate of drug-likeness (QED) is 0.384. The minimum Gasteiger partial charge on any atom is -0.497 e. The number of ketones is 1. The Hall–Kier alpha value is -3.17. The highest BCUT2D eigenvalue weighted by atomic mass is 32.2. The van der Waals surface area contributed by atoms with Crippen molar-refractivity contribution < 1.29 is 19.1 Å². The molecule has 2 aliphatic heterocycles. The number of Topliss-reactive ketones (excluding diaryl/α,β-unsaturated/α-hetero) is 1. The van der Waals surface area contributed by atoms with Crippen LogP contribution < -0.4 is 10.1 Å². The van der Waals surface area contributed by atoms with Gasteiger partial charge in [-0.2, -0.15) is 0 Å². The van der Waals surface area contributed by atoms with Crippen LogP contribution >= 0.6 is 11.8 Å². The Morgan fingerprint density at radius 3 is 2.79 bits per heavy atom. The first-order valence-electron chi connectivity index (χ1n) is 11.3. The van der Waals surface area contributed by atoms with Crippen molar-refractivity contribution in [3.05, 3.63) is 53.6 Å². The minimum atomic E-state index is -0.253. The maximum Gasteiger partial charge on any atom is 0.231 e. The van der Waals surface area contributed by atoms with Crippen LogP contribution in [0.2, 0.25) is 0 Å². The van der Waals surface area contributed by atoms with Crippen LogP contribution in [-0.4, -0.2) is 52.0 Å². The molecule has 34 heavy (non-hydrogen) atoms. The molecule has 0 bridgehead atoms. The molecule has 2 atom stereocenters. The maximum absolute atomic E-state index is 13.0. The van der Waals surface area contributed by atoms with E-state index in [1.165, 1.54) is 11.8 Å². The molecule has 0 saturated carbocycles. The lowest BCUT2D eigenvalue weighted by molar-refractivity contribution is -0.116. The van der Waals surface area contributed by atoms with Gasteiger partial charge in [-0.05, 0) is 67.8 Å². The number of aromatic nitrogens is 3. The molecule has 3 aromatic rings. The first-order valence-corrected chi connectivity index (χ1v) is 12.3. The van der Waals surface area contributed by atoms with Gasteiger partial charge in [-0.3, -0.25) is 14.2 Å². The molecule has 5 rings (SSSR count). The van der Waals surface area contributed by atoms with Crippen LogP contribution in [0, 0.1) is 0 Å². The third-order valence-electron chi connectivity index (χ3n) is 6.30. The van der Waals surface area contributed by atoms with Crippen molar-refractivity contribution in [1.82, 2.24) is 14.8 Å². The van der Waals surface area contributed by atoms with E-state index in [4.69, 9.17) is 9.47 Å². The average Bonchev–Trinajstić information content (AvgIpc) is 3.58. The first kappa shape index (κ1) is 22.6. The number of fused-ring (bicyclic) bond motifs is 1. The zero-order valence-corrected chi connectivity index (χ0v) is 19.9. The maximum atomic E-state index is 13.0. The minimum absolute atomic E-state index is 0.0167. The molecule has 1 saturated heterocycles. The Bertz CT molecular complexity index is 1220. The summed E-state index contributed by atoms with van der Waals surface area (Å²) < 4.78 is 13.2. The summed E-state index contributed by atoms with van der Waals surface area (Å²) in [7, 11) is 1.64. The van der Waals surface area contributed by atoms with E-state index in [9.17, 15) is 9.59 Å². The summed E-state index contributed by atoms with van der Waals surface area (Å²) in [6, 6.07) is 13.1. The second-order valence-electron chi connectivity index (χ2n) is 8.51. The highest BCUT2D eigenvalue weighted by molar-refractivity contribution is 7.99. The third kappa shape index (κ3) is 4.45. The fourth-order valence-electron chi connectivity index (χ4n) is 4.31. The van der Waals surface area contributed by atoms with Crippen molar-refractivity contribution in [1.29, 1.82) is 0 Å². The zero-order chi connectivity index (χ0) is 23.7. The van der Waals surface area contributed by atoms with Crippen molar-refractivity contribution in [2.75, 3.05) is 24.8 Å². The average molecular weight is 479 g/mol. The van der Waals surface area contributed by atoms with Gasteiger partial charge < -0.3 is 14.8 Å². The molecule has 1 aromatic heterocycles. The normalized spacial score (nSPS) is 19.2. The molecule has 2 aromatic carbocycles. The Morgan fingerprint density at radius 1 is 1.24 bits per heavy atom. The Balaban J connectivity index is 1.36. The Kier molecular flexibility index (Phi) is 6.38. The molecule has 1 amide bonds. The molecule has 0 unspecified atom stereocenters. The van der Waals surface area contributed by atoms with Crippen molar-refractivity contribution in [2.24, 2.45) is 0 Å². The van der Waals surface area contributed by atoms with Gasteiger partial charge in [-0.15, -0.1) is 10.2 Å². The third-order valence-corrected chi connectivity index (χ3v) is 7.27. The number of methoxy groups -OCH3 is 1. The SMILES string of the molecule is COc1ccc(-c2nnc(SCC(=O)c3ccc4c(c3)[C@@H](C)C(=O)N4)n2C[C@@H]2CCCO2)cc1. The highest BCUT2D eigenvalue weighted by Gasteiger charge is 2.27. The molecule has 2 aliphatic rings. The number of carbonyl (C=O) groups is 2. The van der Waals surface area contributed by atoms with E-state index in [0.717, 1.165) is 47.8 Å². The van der Waals surface area contributed by atoms with Crippen molar-refractivity contribution in [3.63, 3.8) is 0 Å². The first-order chi connectivity index (χ1) is 16.5. The summed E-state index contributed by atoms with van der Waals surface area (Å²) in [5.74, 6) is 1.43. The summed E-state index contributed by atoms with van der Waals surface area (Å²) in [6.07, 6.45) is 2.13. The summed E-state index contributed by atoms with van der Waals surface area (Å²) in [5.41, 5.74) is 3.16. The molecule has 0 spiro atoms. The predicted molar refractivity (Wildman–Crippen MR) is 130 cm³/mol. The number of benzene rings is 2. The molecular weight excluding hydrogens is 452 g/mol. The molecule has 9 heteroatoms. The van der Waals surface area contributed by atoms with Gasteiger partial charge in [0.05, 0.1) is 31.4 Å². The molecule has 176 valence electrons. The summed E-state index contributed by atoms with van der Waals surface area (Å²) in [6.45, 7) is 3.24. The van der Waals surface area contributed by atoms with E-state index >= 15 is 0 Å². The van der Waals surface area contributed by atoms with Crippen LogP contribution in [0.5, 0.6) is 5.75 Å². The largest absolute Gasteiger partial charge is 0.497 e. The number of ether oxygens (including phenoxy) is 2. The van der Waals surface area contributed by atoms with Crippen LogP contribution in [0.25, 0.3) is 11.4 Å². The second kappa shape index (κ2) is 9.60. The van der Waals surface area contributed by atoms with Gasteiger partial charge >= 0.3 is 0 Å². The number of carbonyl (C=O) groups excluding carboxylic acids is 2. The van der Waals surface area contributed by atoms with E-state index in [2.05, 4.69) is 15.5 Å². The molecule has 0 aliphatic carbocycles. The number of nitrogens with zero attached hydrogens (tertiary/aromatic N) is 3.